The first kappa shape index (κ1) is 17.5. The number of rotatable bonds is 5. The van der Waals surface area contributed by atoms with Crippen molar-refractivity contribution in [2.45, 2.75) is 6.42 Å². The zero-order valence-electron chi connectivity index (χ0n) is 13.5. The van der Waals surface area contributed by atoms with Gasteiger partial charge in [-0.15, -0.1) is 0 Å². The van der Waals surface area contributed by atoms with Crippen LogP contribution in [0.2, 0.25) is 10.3 Å². The summed E-state index contributed by atoms with van der Waals surface area (Å²) in [5.74, 6) is 0.564. The molecule has 2 aromatic carbocycles. The van der Waals surface area contributed by atoms with Crippen LogP contribution in [0.25, 0.3) is 10.9 Å². The SMILES string of the molecule is CN(C(=O)CCNc1nc(Cl)nc2ccc(Cl)cc12)c1ccccc1. The van der Waals surface area contributed by atoms with Crippen molar-refractivity contribution in [1.82, 2.24) is 9.97 Å². The monoisotopic (exact) mass is 374 g/mol. The number of carbonyl (C=O) groups excluding carboxylic acids is 1. The van der Waals surface area contributed by atoms with Gasteiger partial charge in [-0.05, 0) is 41.9 Å². The van der Waals surface area contributed by atoms with Gasteiger partial charge in [0, 0.05) is 36.1 Å². The Bertz CT molecular complexity index is 902. The minimum atomic E-state index is 0.00110. The van der Waals surface area contributed by atoms with Gasteiger partial charge >= 0.3 is 0 Å². The number of anilines is 2. The molecule has 1 heterocycles. The zero-order valence-corrected chi connectivity index (χ0v) is 15.1. The number of aromatic nitrogens is 2. The highest BCUT2D eigenvalue weighted by Crippen LogP contribution is 2.25. The number of fused-ring (bicyclic) bond motifs is 1. The first-order chi connectivity index (χ1) is 12.0. The lowest BCUT2D eigenvalue weighted by molar-refractivity contribution is -0.118. The van der Waals surface area contributed by atoms with Gasteiger partial charge in [0.1, 0.15) is 5.82 Å². The second-order valence-electron chi connectivity index (χ2n) is 5.47. The average molecular weight is 375 g/mol. The molecule has 0 fully saturated rings. The average Bonchev–Trinajstić information content (AvgIpc) is 2.62. The van der Waals surface area contributed by atoms with Crippen LogP contribution in [-0.4, -0.2) is 29.5 Å². The molecule has 0 bridgehead atoms. The summed E-state index contributed by atoms with van der Waals surface area (Å²) < 4.78 is 0. The highest BCUT2D eigenvalue weighted by molar-refractivity contribution is 6.31. The van der Waals surface area contributed by atoms with Gasteiger partial charge in [-0.3, -0.25) is 4.79 Å². The Hall–Kier alpha value is -2.37. The largest absolute Gasteiger partial charge is 0.369 e. The number of halogens is 2. The Labute approximate surface area is 155 Å². The molecule has 0 saturated carbocycles. The molecule has 5 nitrogen and oxygen atoms in total. The van der Waals surface area contributed by atoms with Crippen LogP contribution in [0.3, 0.4) is 0 Å². The van der Waals surface area contributed by atoms with Crippen molar-refractivity contribution in [2.24, 2.45) is 0 Å². The quantitative estimate of drug-likeness (QED) is 0.672. The summed E-state index contributed by atoms with van der Waals surface area (Å²) in [6.45, 7) is 0.422. The molecule has 0 saturated heterocycles. The Balaban J connectivity index is 1.69. The number of nitrogens with zero attached hydrogens (tertiary/aromatic N) is 3. The summed E-state index contributed by atoms with van der Waals surface area (Å²) in [6.07, 6.45) is 0.315. The van der Waals surface area contributed by atoms with E-state index in [1.807, 2.05) is 30.3 Å². The van der Waals surface area contributed by atoms with Gasteiger partial charge in [0.2, 0.25) is 11.2 Å². The van der Waals surface area contributed by atoms with Crippen molar-refractivity contribution in [3.8, 4) is 0 Å². The molecule has 128 valence electrons. The first-order valence-corrected chi connectivity index (χ1v) is 8.48. The molecule has 0 unspecified atom stereocenters. The molecule has 3 rings (SSSR count). The van der Waals surface area contributed by atoms with E-state index in [9.17, 15) is 4.79 Å². The normalized spacial score (nSPS) is 10.7. The Kier molecular flexibility index (Phi) is 5.36. The number of para-hydroxylation sites is 1. The van der Waals surface area contributed by atoms with Gasteiger partial charge in [0.25, 0.3) is 0 Å². The molecular weight excluding hydrogens is 359 g/mol. The fourth-order valence-electron chi connectivity index (χ4n) is 2.46. The molecule has 1 amide bonds. The van der Waals surface area contributed by atoms with Crippen LogP contribution in [0.15, 0.2) is 48.5 Å². The van der Waals surface area contributed by atoms with E-state index in [2.05, 4.69) is 15.3 Å². The Morgan fingerprint density at radius 3 is 2.64 bits per heavy atom. The highest BCUT2D eigenvalue weighted by atomic mass is 35.5. The van der Waals surface area contributed by atoms with Crippen LogP contribution in [0.5, 0.6) is 0 Å². The number of hydrogen-bond donors (Lipinski definition) is 1. The minimum Gasteiger partial charge on any atom is -0.369 e. The third kappa shape index (κ3) is 4.18. The summed E-state index contributed by atoms with van der Waals surface area (Å²) in [4.78, 5) is 22.3. The van der Waals surface area contributed by atoms with Crippen molar-refractivity contribution < 1.29 is 4.79 Å². The standard InChI is InChI=1S/C18H16Cl2N4O/c1-24(13-5-3-2-4-6-13)16(25)9-10-21-17-14-11-12(19)7-8-15(14)22-18(20)23-17/h2-8,11H,9-10H2,1H3,(H,21,22,23). The molecule has 0 radical (unpaired) electrons. The van der Waals surface area contributed by atoms with Gasteiger partial charge in [-0.25, -0.2) is 9.97 Å². The van der Waals surface area contributed by atoms with E-state index in [1.54, 1.807) is 30.1 Å². The zero-order chi connectivity index (χ0) is 17.8. The maximum absolute atomic E-state index is 12.3. The van der Waals surface area contributed by atoms with E-state index in [4.69, 9.17) is 23.2 Å². The molecule has 0 aliphatic heterocycles. The van der Waals surface area contributed by atoms with Crippen LogP contribution < -0.4 is 10.2 Å². The van der Waals surface area contributed by atoms with Crippen molar-refractivity contribution in [1.29, 1.82) is 0 Å². The maximum atomic E-state index is 12.3. The van der Waals surface area contributed by atoms with E-state index >= 15 is 0 Å². The predicted molar refractivity (Wildman–Crippen MR) is 103 cm³/mol. The van der Waals surface area contributed by atoms with Crippen LogP contribution in [0, 0.1) is 0 Å². The molecule has 1 N–H and O–H groups in total. The van der Waals surface area contributed by atoms with Crippen LogP contribution in [0.4, 0.5) is 11.5 Å². The summed E-state index contributed by atoms with van der Waals surface area (Å²) in [5, 5.41) is 4.64. The molecular formula is C18H16Cl2N4O. The molecule has 0 spiro atoms. The van der Waals surface area contributed by atoms with E-state index in [0.717, 1.165) is 11.1 Å². The molecule has 0 aliphatic rings. The Morgan fingerprint density at radius 1 is 1.12 bits per heavy atom. The summed E-state index contributed by atoms with van der Waals surface area (Å²) in [5.41, 5.74) is 1.55. The third-order valence-corrected chi connectivity index (χ3v) is 4.18. The van der Waals surface area contributed by atoms with E-state index in [-0.39, 0.29) is 11.2 Å². The third-order valence-electron chi connectivity index (χ3n) is 3.78. The van der Waals surface area contributed by atoms with Gasteiger partial charge in [-0.1, -0.05) is 29.8 Å². The fourth-order valence-corrected chi connectivity index (χ4v) is 2.81. The highest BCUT2D eigenvalue weighted by Gasteiger charge is 2.12. The van der Waals surface area contributed by atoms with Crippen molar-refractivity contribution in [2.75, 3.05) is 23.8 Å². The molecule has 1 aromatic heterocycles. The molecule has 0 atom stereocenters. The lowest BCUT2D eigenvalue weighted by Crippen LogP contribution is -2.27. The minimum absolute atomic E-state index is 0.00110. The number of carbonyl (C=O) groups is 1. The van der Waals surface area contributed by atoms with E-state index in [1.165, 1.54) is 0 Å². The smallest absolute Gasteiger partial charge is 0.228 e. The van der Waals surface area contributed by atoms with Crippen molar-refractivity contribution >= 4 is 51.5 Å². The van der Waals surface area contributed by atoms with Crippen molar-refractivity contribution in [3.63, 3.8) is 0 Å². The summed E-state index contributed by atoms with van der Waals surface area (Å²) in [6, 6.07) is 14.8. The first-order valence-electron chi connectivity index (χ1n) is 7.73. The predicted octanol–water partition coefficient (Wildman–Crippen LogP) is 4.40. The second kappa shape index (κ2) is 7.68. The van der Waals surface area contributed by atoms with E-state index < -0.39 is 0 Å². The molecule has 3 aromatic rings. The lowest BCUT2D eigenvalue weighted by Gasteiger charge is -2.17. The number of benzene rings is 2. The molecule has 0 aliphatic carbocycles. The molecule has 7 heteroatoms. The topological polar surface area (TPSA) is 58.1 Å². The van der Waals surface area contributed by atoms with Gasteiger partial charge < -0.3 is 10.2 Å². The fraction of sp³-hybridized carbons (Fsp3) is 0.167. The summed E-state index contributed by atoms with van der Waals surface area (Å²) in [7, 11) is 1.76. The van der Waals surface area contributed by atoms with Gasteiger partial charge in [0.05, 0.1) is 5.52 Å². The summed E-state index contributed by atoms with van der Waals surface area (Å²) >= 11 is 12.0. The van der Waals surface area contributed by atoms with Crippen LogP contribution >= 0.6 is 23.2 Å². The number of hydrogen-bond acceptors (Lipinski definition) is 4. The number of nitrogens with one attached hydrogen (secondary N) is 1. The Morgan fingerprint density at radius 2 is 1.88 bits per heavy atom. The number of amides is 1. The van der Waals surface area contributed by atoms with Crippen molar-refractivity contribution in [3.05, 3.63) is 58.8 Å². The van der Waals surface area contributed by atoms with Gasteiger partial charge in [-0.2, -0.15) is 0 Å². The second-order valence-corrected chi connectivity index (χ2v) is 6.24. The maximum Gasteiger partial charge on any atom is 0.228 e. The van der Waals surface area contributed by atoms with Crippen LogP contribution in [-0.2, 0) is 4.79 Å². The van der Waals surface area contributed by atoms with Gasteiger partial charge in [0.15, 0.2) is 0 Å². The van der Waals surface area contributed by atoms with E-state index in [0.29, 0.717) is 29.3 Å². The van der Waals surface area contributed by atoms with Crippen LogP contribution in [0.1, 0.15) is 6.42 Å². The lowest BCUT2D eigenvalue weighted by atomic mass is 10.2. The molecule has 25 heavy (non-hydrogen) atoms.